The quantitative estimate of drug-likeness (QED) is 0.471. The average Bonchev–Trinajstić information content (AvgIpc) is 1.94. The Labute approximate surface area is 59.7 Å². The van der Waals surface area contributed by atoms with Crippen molar-refractivity contribution in [2.75, 3.05) is 7.05 Å². The van der Waals surface area contributed by atoms with Crippen molar-refractivity contribution in [1.29, 1.82) is 0 Å². The fourth-order valence-electron chi connectivity index (χ4n) is 0.849. The number of hydrogen-bond acceptors (Lipinski definition) is 2. The topological polar surface area (TPSA) is 53.2 Å². The molecule has 0 fully saturated rings. The SMILES string of the molecule is CNC1NC(=O)NC=C1C. The molecule has 0 aromatic rings. The molecule has 0 aromatic heterocycles. The molecule has 0 aromatic carbocycles. The highest BCUT2D eigenvalue weighted by Crippen LogP contribution is 1.99. The van der Waals surface area contributed by atoms with Crippen molar-refractivity contribution >= 4 is 6.03 Å². The van der Waals surface area contributed by atoms with Crippen LogP contribution in [-0.4, -0.2) is 19.2 Å². The van der Waals surface area contributed by atoms with Crippen molar-refractivity contribution in [3.63, 3.8) is 0 Å². The first-order chi connectivity index (χ1) is 4.74. The van der Waals surface area contributed by atoms with Crippen LogP contribution in [0.15, 0.2) is 11.8 Å². The maximum Gasteiger partial charge on any atom is 0.320 e. The number of carbonyl (C=O) groups excluding carboxylic acids is 1. The lowest BCUT2D eigenvalue weighted by atomic mass is 10.2. The minimum atomic E-state index is -0.162. The van der Waals surface area contributed by atoms with Crippen molar-refractivity contribution in [3.05, 3.63) is 11.8 Å². The van der Waals surface area contributed by atoms with E-state index >= 15 is 0 Å². The molecule has 1 rings (SSSR count). The highest BCUT2D eigenvalue weighted by atomic mass is 16.2. The third-order valence-electron chi connectivity index (χ3n) is 1.45. The molecule has 1 aliphatic rings. The Bertz CT molecular complexity index is 176. The molecule has 2 amide bonds. The van der Waals surface area contributed by atoms with Gasteiger partial charge in [-0.2, -0.15) is 0 Å². The van der Waals surface area contributed by atoms with Gasteiger partial charge in [-0.1, -0.05) is 0 Å². The second-order valence-electron chi connectivity index (χ2n) is 2.23. The van der Waals surface area contributed by atoms with Crippen LogP contribution in [0.4, 0.5) is 4.79 Å². The molecule has 56 valence electrons. The summed E-state index contributed by atoms with van der Waals surface area (Å²) in [7, 11) is 1.80. The van der Waals surface area contributed by atoms with Crippen molar-refractivity contribution in [1.82, 2.24) is 16.0 Å². The van der Waals surface area contributed by atoms with Gasteiger partial charge in [-0.15, -0.1) is 0 Å². The van der Waals surface area contributed by atoms with Crippen molar-refractivity contribution < 1.29 is 4.79 Å². The minimum Gasteiger partial charge on any atom is -0.319 e. The third kappa shape index (κ3) is 1.27. The standard InChI is InChI=1S/C6H11N3O/c1-4-3-8-6(10)9-5(4)7-2/h3,5,7H,1-2H3,(H2,8,9,10). The molecule has 3 N–H and O–H groups in total. The van der Waals surface area contributed by atoms with E-state index in [1.54, 1.807) is 13.2 Å². The zero-order valence-electron chi connectivity index (χ0n) is 6.06. The van der Waals surface area contributed by atoms with Crippen LogP contribution in [0.5, 0.6) is 0 Å². The molecular formula is C6H11N3O. The Morgan fingerprint density at radius 1 is 1.70 bits per heavy atom. The van der Waals surface area contributed by atoms with Crippen LogP contribution >= 0.6 is 0 Å². The molecule has 10 heavy (non-hydrogen) atoms. The van der Waals surface area contributed by atoms with E-state index in [9.17, 15) is 4.79 Å². The van der Waals surface area contributed by atoms with E-state index in [1.807, 2.05) is 6.92 Å². The molecule has 0 saturated heterocycles. The van der Waals surface area contributed by atoms with Crippen LogP contribution in [0.1, 0.15) is 6.92 Å². The number of carbonyl (C=O) groups is 1. The van der Waals surface area contributed by atoms with Gasteiger partial charge in [-0.05, 0) is 19.5 Å². The fourth-order valence-corrected chi connectivity index (χ4v) is 0.849. The van der Waals surface area contributed by atoms with Gasteiger partial charge >= 0.3 is 6.03 Å². The summed E-state index contributed by atoms with van der Waals surface area (Å²) in [4.78, 5) is 10.7. The van der Waals surface area contributed by atoms with E-state index in [1.165, 1.54) is 0 Å². The molecule has 1 atom stereocenters. The van der Waals surface area contributed by atoms with Crippen LogP contribution in [0.25, 0.3) is 0 Å². The molecule has 1 heterocycles. The zero-order chi connectivity index (χ0) is 7.56. The van der Waals surface area contributed by atoms with E-state index in [4.69, 9.17) is 0 Å². The average molecular weight is 141 g/mol. The third-order valence-corrected chi connectivity index (χ3v) is 1.45. The Balaban J connectivity index is 2.65. The van der Waals surface area contributed by atoms with Gasteiger partial charge < -0.3 is 10.6 Å². The number of likely N-dealkylation sites (N-methyl/N-ethyl adjacent to an activating group) is 1. The van der Waals surface area contributed by atoms with Crippen LogP contribution in [0.2, 0.25) is 0 Å². The lowest BCUT2D eigenvalue weighted by molar-refractivity contribution is 0.238. The summed E-state index contributed by atoms with van der Waals surface area (Å²) < 4.78 is 0. The van der Waals surface area contributed by atoms with Crippen LogP contribution in [0.3, 0.4) is 0 Å². The number of nitrogens with one attached hydrogen (secondary N) is 3. The van der Waals surface area contributed by atoms with Crippen LogP contribution in [-0.2, 0) is 0 Å². The Morgan fingerprint density at radius 2 is 2.40 bits per heavy atom. The lowest BCUT2D eigenvalue weighted by Crippen LogP contribution is -2.51. The first-order valence-corrected chi connectivity index (χ1v) is 3.15. The van der Waals surface area contributed by atoms with E-state index in [0.717, 1.165) is 5.57 Å². The summed E-state index contributed by atoms with van der Waals surface area (Å²) in [6.07, 6.45) is 1.67. The maximum atomic E-state index is 10.7. The minimum absolute atomic E-state index is 0.0197. The second-order valence-corrected chi connectivity index (χ2v) is 2.23. The number of urea groups is 1. The van der Waals surface area contributed by atoms with E-state index in [2.05, 4.69) is 16.0 Å². The Kier molecular flexibility index (Phi) is 1.91. The molecule has 0 bridgehead atoms. The number of hydrogen-bond donors (Lipinski definition) is 3. The highest BCUT2D eigenvalue weighted by molar-refractivity contribution is 5.77. The van der Waals surface area contributed by atoms with Crippen molar-refractivity contribution in [2.45, 2.75) is 13.1 Å². The Morgan fingerprint density at radius 3 is 2.90 bits per heavy atom. The summed E-state index contributed by atoms with van der Waals surface area (Å²) in [5.74, 6) is 0. The van der Waals surface area contributed by atoms with Gasteiger partial charge in [0.2, 0.25) is 0 Å². The van der Waals surface area contributed by atoms with Gasteiger partial charge in [0, 0.05) is 6.20 Å². The van der Waals surface area contributed by atoms with Crippen LogP contribution < -0.4 is 16.0 Å². The molecule has 0 spiro atoms. The summed E-state index contributed by atoms with van der Waals surface area (Å²) in [5, 5.41) is 8.17. The maximum absolute atomic E-state index is 10.7. The molecular weight excluding hydrogens is 130 g/mol. The van der Waals surface area contributed by atoms with Gasteiger partial charge in [0.15, 0.2) is 0 Å². The molecule has 4 nitrogen and oxygen atoms in total. The first-order valence-electron chi connectivity index (χ1n) is 3.15. The molecule has 1 aliphatic heterocycles. The lowest BCUT2D eigenvalue weighted by Gasteiger charge is -2.22. The van der Waals surface area contributed by atoms with E-state index in [0.29, 0.717) is 0 Å². The van der Waals surface area contributed by atoms with Gasteiger partial charge in [0.25, 0.3) is 0 Å². The summed E-state index contributed by atoms with van der Waals surface area (Å²) >= 11 is 0. The zero-order valence-corrected chi connectivity index (χ0v) is 6.06. The fraction of sp³-hybridized carbons (Fsp3) is 0.500. The highest BCUT2D eigenvalue weighted by Gasteiger charge is 2.14. The van der Waals surface area contributed by atoms with Gasteiger partial charge in [0.05, 0.1) is 0 Å². The Hall–Kier alpha value is -1.03. The first kappa shape index (κ1) is 7.08. The normalized spacial score (nSPS) is 24.8. The molecule has 0 saturated carbocycles. The predicted molar refractivity (Wildman–Crippen MR) is 38.3 cm³/mol. The van der Waals surface area contributed by atoms with Gasteiger partial charge in [0.1, 0.15) is 6.17 Å². The second kappa shape index (κ2) is 2.70. The largest absolute Gasteiger partial charge is 0.320 e. The molecule has 1 unspecified atom stereocenters. The molecule has 0 radical (unpaired) electrons. The van der Waals surface area contributed by atoms with Gasteiger partial charge in [-0.25, -0.2) is 4.79 Å². The predicted octanol–water partition coefficient (Wildman–Crippen LogP) is -0.252. The summed E-state index contributed by atoms with van der Waals surface area (Å²) in [6, 6.07) is -0.162. The van der Waals surface area contributed by atoms with E-state index in [-0.39, 0.29) is 12.2 Å². The van der Waals surface area contributed by atoms with Crippen molar-refractivity contribution in [3.8, 4) is 0 Å². The number of rotatable bonds is 1. The number of amides is 2. The van der Waals surface area contributed by atoms with E-state index < -0.39 is 0 Å². The molecule has 4 heteroatoms. The van der Waals surface area contributed by atoms with Crippen LogP contribution in [0, 0.1) is 0 Å². The molecule has 0 aliphatic carbocycles. The summed E-state index contributed by atoms with van der Waals surface area (Å²) in [6.45, 7) is 1.94. The van der Waals surface area contributed by atoms with Crippen molar-refractivity contribution in [2.24, 2.45) is 0 Å². The monoisotopic (exact) mass is 141 g/mol. The smallest absolute Gasteiger partial charge is 0.319 e. The van der Waals surface area contributed by atoms with Gasteiger partial charge in [-0.3, -0.25) is 5.32 Å². The summed E-state index contributed by atoms with van der Waals surface area (Å²) in [5.41, 5.74) is 1.07.